The van der Waals surface area contributed by atoms with Crippen LogP contribution >= 0.6 is 0 Å². The third-order valence-electron chi connectivity index (χ3n) is 6.60. The van der Waals surface area contributed by atoms with Gasteiger partial charge in [-0.3, -0.25) is 19.7 Å². The zero-order valence-corrected chi connectivity index (χ0v) is 17.3. The molecule has 1 atom stereocenters. The van der Waals surface area contributed by atoms with E-state index >= 15 is 0 Å². The maximum Gasteiger partial charge on any atom is 0.235 e. The summed E-state index contributed by atoms with van der Waals surface area (Å²) in [5.74, 6) is -0.464. The molecule has 4 rings (SSSR count). The average Bonchev–Trinajstić information content (AvgIpc) is 2.71. The van der Waals surface area contributed by atoms with Crippen LogP contribution in [0.3, 0.4) is 0 Å². The Balaban J connectivity index is 1.43. The first-order valence-corrected chi connectivity index (χ1v) is 10.7. The van der Waals surface area contributed by atoms with Crippen LogP contribution < -0.4 is 16.0 Å². The molecule has 4 N–H and O–H groups in total. The molecule has 30 heavy (non-hydrogen) atoms. The summed E-state index contributed by atoms with van der Waals surface area (Å²) in [6, 6.07) is 6.01. The summed E-state index contributed by atoms with van der Waals surface area (Å²) < 4.78 is 0. The number of carbonyl (C=O) groups is 3. The minimum Gasteiger partial charge on any atom is -0.388 e. The fourth-order valence-electron chi connectivity index (χ4n) is 4.57. The first kappa shape index (κ1) is 20.5. The Morgan fingerprint density at radius 1 is 1.17 bits per heavy atom. The first-order chi connectivity index (χ1) is 14.5. The van der Waals surface area contributed by atoms with Crippen LogP contribution in [0, 0.1) is 17.2 Å². The maximum atomic E-state index is 12.4. The number of nitrogens with zero attached hydrogens (tertiary/aromatic N) is 1. The van der Waals surface area contributed by atoms with Gasteiger partial charge in [-0.15, -0.1) is 0 Å². The molecule has 0 spiro atoms. The van der Waals surface area contributed by atoms with E-state index in [0.717, 1.165) is 44.7 Å². The van der Waals surface area contributed by atoms with E-state index in [1.807, 2.05) is 24.1 Å². The van der Waals surface area contributed by atoms with Crippen molar-refractivity contribution in [2.75, 3.05) is 38.5 Å². The molecule has 1 unspecified atom stereocenters. The number of hydrogen-bond donors (Lipinski definition) is 4. The average molecular weight is 412 g/mol. The molecule has 0 bridgehead atoms. The molecule has 3 aliphatic rings. The maximum absolute atomic E-state index is 12.4. The van der Waals surface area contributed by atoms with Gasteiger partial charge in [0.05, 0.1) is 17.5 Å². The van der Waals surface area contributed by atoms with E-state index in [-0.39, 0.29) is 35.8 Å². The molecule has 1 aromatic carbocycles. The third-order valence-corrected chi connectivity index (χ3v) is 6.60. The topological polar surface area (TPSA) is 114 Å². The highest BCUT2D eigenvalue weighted by Crippen LogP contribution is 2.33. The Labute approximate surface area is 176 Å². The fourth-order valence-corrected chi connectivity index (χ4v) is 4.57. The molecule has 3 saturated heterocycles. The Morgan fingerprint density at radius 3 is 2.50 bits per heavy atom. The molecule has 3 heterocycles. The Bertz CT molecular complexity index is 872. The minimum atomic E-state index is -0.601. The lowest BCUT2D eigenvalue weighted by atomic mass is 9.85. The molecule has 0 radical (unpaired) electrons. The number of carbonyl (C=O) groups excluding carboxylic acids is 3. The van der Waals surface area contributed by atoms with Crippen LogP contribution in [0.2, 0.25) is 0 Å². The summed E-state index contributed by atoms with van der Waals surface area (Å²) in [6.07, 6.45) is 2.50. The van der Waals surface area contributed by atoms with Gasteiger partial charge in [-0.25, -0.2) is 0 Å². The molecular formula is C22H29N5O3. The molecular weight excluding hydrogens is 382 g/mol. The summed E-state index contributed by atoms with van der Waals surface area (Å²) in [4.78, 5) is 38.0. The molecule has 0 saturated carbocycles. The third kappa shape index (κ3) is 3.96. The monoisotopic (exact) mass is 411 g/mol. The van der Waals surface area contributed by atoms with Gasteiger partial charge in [0, 0.05) is 50.9 Å². The van der Waals surface area contributed by atoms with Crippen molar-refractivity contribution in [2.24, 2.45) is 11.8 Å². The quantitative estimate of drug-likeness (QED) is 0.428. The van der Waals surface area contributed by atoms with E-state index in [1.165, 1.54) is 5.56 Å². The number of imide groups is 1. The van der Waals surface area contributed by atoms with Gasteiger partial charge < -0.3 is 20.9 Å². The largest absolute Gasteiger partial charge is 0.388 e. The van der Waals surface area contributed by atoms with E-state index in [4.69, 9.17) is 5.41 Å². The van der Waals surface area contributed by atoms with Crippen molar-refractivity contribution in [3.8, 4) is 0 Å². The SMILES string of the molecule is CNc1cc(C2CCN(C(=O)C3CNC3)CC2)ccc1C(=N)C1CCC(=O)NC1=O. The number of benzene rings is 1. The zero-order chi connectivity index (χ0) is 21.3. The van der Waals surface area contributed by atoms with Crippen molar-refractivity contribution in [2.45, 2.75) is 31.6 Å². The highest BCUT2D eigenvalue weighted by Gasteiger charge is 2.33. The smallest absolute Gasteiger partial charge is 0.235 e. The van der Waals surface area contributed by atoms with Gasteiger partial charge in [0.15, 0.2) is 0 Å². The van der Waals surface area contributed by atoms with Crippen LogP contribution in [0.4, 0.5) is 5.69 Å². The molecule has 8 heteroatoms. The number of anilines is 1. The number of piperidine rings is 2. The second-order valence-corrected chi connectivity index (χ2v) is 8.43. The number of rotatable bonds is 5. The van der Waals surface area contributed by atoms with Crippen molar-refractivity contribution in [3.05, 3.63) is 29.3 Å². The molecule has 3 aliphatic heterocycles. The van der Waals surface area contributed by atoms with Crippen LogP contribution in [0.15, 0.2) is 18.2 Å². The zero-order valence-electron chi connectivity index (χ0n) is 17.3. The molecule has 0 aromatic heterocycles. The summed E-state index contributed by atoms with van der Waals surface area (Å²) in [5.41, 5.74) is 2.95. The van der Waals surface area contributed by atoms with Crippen LogP contribution in [-0.2, 0) is 14.4 Å². The predicted molar refractivity (Wildman–Crippen MR) is 114 cm³/mol. The predicted octanol–water partition coefficient (Wildman–Crippen LogP) is 1.07. The lowest BCUT2D eigenvalue weighted by Crippen LogP contribution is -2.53. The van der Waals surface area contributed by atoms with E-state index in [1.54, 1.807) is 0 Å². The van der Waals surface area contributed by atoms with E-state index in [2.05, 4.69) is 22.0 Å². The number of hydrogen-bond acceptors (Lipinski definition) is 6. The van der Waals surface area contributed by atoms with E-state index < -0.39 is 5.92 Å². The standard InChI is InChI=1S/C22H29N5O3/c1-24-18-10-14(13-6-8-27(9-7-13)22(30)15-11-25-12-15)2-3-16(18)20(23)17-4-5-19(28)26-21(17)29/h2-3,10,13,15,17,23-25H,4-9,11-12H2,1H3,(H,26,28,29). The summed E-state index contributed by atoms with van der Waals surface area (Å²) >= 11 is 0. The lowest BCUT2D eigenvalue weighted by Gasteiger charge is -2.37. The van der Waals surface area contributed by atoms with E-state index in [9.17, 15) is 14.4 Å². The normalized spacial score (nSPS) is 23.0. The first-order valence-electron chi connectivity index (χ1n) is 10.7. The summed E-state index contributed by atoms with van der Waals surface area (Å²) in [6.45, 7) is 3.15. The van der Waals surface area contributed by atoms with Crippen molar-refractivity contribution >= 4 is 29.1 Å². The molecule has 3 fully saturated rings. The molecule has 1 aromatic rings. The Kier molecular flexibility index (Phi) is 5.85. The van der Waals surface area contributed by atoms with E-state index in [0.29, 0.717) is 17.9 Å². The van der Waals surface area contributed by atoms with Gasteiger partial charge >= 0.3 is 0 Å². The molecule has 8 nitrogen and oxygen atoms in total. The van der Waals surface area contributed by atoms with Crippen LogP contribution in [0.1, 0.15) is 42.7 Å². The van der Waals surface area contributed by atoms with Gasteiger partial charge in [-0.1, -0.05) is 12.1 Å². The molecule has 3 amide bonds. The highest BCUT2D eigenvalue weighted by atomic mass is 16.2. The van der Waals surface area contributed by atoms with Crippen molar-refractivity contribution in [1.82, 2.24) is 15.5 Å². The van der Waals surface area contributed by atoms with Crippen molar-refractivity contribution in [3.63, 3.8) is 0 Å². The highest BCUT2D eigenvalue weighted by molar-refractivity contribution is 6.17. The molecule has 0 aliphatic carbocycles. The number of nitrogens with one attached hydrogen (secondary N) is 4. The second kappa shape index (κ2) is 8.55. The molecule has 160 valence electrons. The summed E-state index contributed by atoms with van der Waals surface area (Å²) in [5, 5.41) is 17.2. The van der Waals surface area contributed by atoms with Crippen LogP contribution in [0.25, 0.3) is 0 Å². The van der Waals surface area contributed by atoms with Gasteiger partial charge in [0.1, 0.15) is 0 Å². The summed E-state index contributed by atoms with van der Waals surface area (Å²) in [7, 11) is 1.81. The Morgan fingerprint density at radius 2 is 1.90 bits per heavy atom. The van der Waals surface area contributed by atoms with Gasteiger partial charge in [0.25, 0.3) is 0 Å². The number of likely N-dealkylation sites (tertiary alicyclic amines) is 1. The van der Waals surface area contributed by atoms with Gasteiger partial charge in [0.2, 0.25) is 17.7 Å². The second-order valence-electron chi connectivity index (χ2n) is 8.43. The van der Waals surface area contributed by atoms with Gasteiger partial charge in [-0.05, 0) is 36.8 Å². The number of amides is 3. The van der Waals surface area contributed by atoms with Crippen LogP contribution in [0.5, 0.6) is 0 Å². The van der Waals surface area contributed by atoms with Crippen molar-refractivity contribution < 1.29 is 14.4 Å². The minimum absolute atomic E-state index is 0.148. The van der Waals surface area contributed by atoms with Crippen molar-refractivity contribution in [1.29, 1.82) is 5.41 Å². The Hall–Kier alpha value is -2.74. The fraction of sp³-hybridized carbons (Fsp3) is 0.545. The van der Waals surface area contributed by atoms with Gasteiger partial charge in [-0.2, -0.15) is 0 Å². The van der Waals surface area contributed by atoms with Crippen LogP contribution in [-0.4, -0.2) is 61.6 Å². The lowest BCUT2D eigenvalue weighted by molar-refractivity contribution is -0.138.